The molecule has 140 valence electrons. The van der Waals surface area contributed by atoms with E-state index < -0.39 is 0 Å². The number of anilines is 1. The zero-order valence-electron chi connectivity index (χ0n) is 15.0. The molecule has 0 bridgehead atoms. The Morgan fingerprint density at radius 1 is 1.24 bits per heavy atom. The van der Waals surface area contributed by atoms with Gasteiger partial charge in [-0.05, 0) is 63.4 Å². The molecule has 0 aromatic heterocycles. The molecule has 1 aliphatic heterocycles. The number of amides is 3. The zero-order chi connectivity index (χ0) is 17.4. The second kappa shape index (κ2) is 10.9. The lowest BCUT2D eigenvalue weighted by Crippen LogP contribution is -2.45. The number of hydrogen-bond acceptors (Lipinski definition) is 3. The van der Waals surface area contributed by atoms with Crippen LogP contribution in [0.3, 0.4) is 0 Å². The van der Waals surface area contributed by atoms with Gasteiger partial charge < -0.3 is 20.9 Å². The second-order valence-electron chi connectivity index (χ2n) is 6.39. The van der Waals surface area contributed by atoms with Crippen molar-refractivity contribution in [3.8, 4) is 0 Å². The largest absolute Gasteiger partial charge is 0.341 e. The van der Waals surface area contributed by atoms with E-state index in [9.17, 15) is 9.59 Å². The van der Waals surface area contributed by atoms with Crippen LogP contribution in [0.1, 0.15) is 24.8 Å². The smallest absolute Gasteiger partial charge is 0.319 e. The van der Waals surface area contributed by atoms with E-state index in [0.717, 1.165) is 50.1 Å². The molecule has 7 heteroatoms. The summed E-state index contributed by atoms with van der Waals surface area (Å²) in [5, 5.41) is 8.56. The summed E-state index contributed by atoms with van der Waals surface area (Å²) in [7, 11) is 1.96. The maximum atomic E-state index is 12.2. The quantitative estimate of drug-likeness (QED) is 0.721. The fraction of sp³-hybridized carbons (Fsp3) is 0.556. The SMILES string of the molecule is CNCCC1CCN(C(=O)CNC(=O)Nc2cccc(C)c2)CC1.Cl. The number of urea groups is 1. The van der Waals surface area contributed by atoms with Gasteiger partial charge in [0.2, 0.25) is 5.91 Å². The minimum atomic E-state index is -0.349. The lowest BCUT2D eigenvalue weighted by Gasteiger charge is -2.32. The Hall–Kier alpha value is -1.79. The molecular weight excluding hydrogens is 340 g/mol. The molecular formula is C18H29ClN4O2. The van der Waals surface area contributed by atoms with Gasteiger partial charge >= 0.3 is 6.03 Å². The van der Waals surface area contributed by atoms with Gasteiger partial charge in [-0.2, -0.15) is 0 Å². The molecule has 6 nitrogen and oxygen atoms in total. The summed E-state index contributed by atoms with van der Waals surface area (Å²) in [6.45, 7) is 4.60. The molecule has 0 radical (unpaired) electrons. The first-order valence-electron chi connectivity index (χ1n) is 8.62. The molecule has 1 saturated heterocycles. The molecule has 0 atom stereocenters. The Kier molecular flexibility index (Phi) is 9.31. The van der Waals surface area contributed by atoms with Crippen LogP contribution in [0.2, 0.25) is 0 Å². The summed E-state index contributed by atoms with van der Waals surface area (Å²) < 4.78 is 0. The summed E-state index contributed by atoms with van der Waals surface area (Å²) in [6.07, 6.45) is 3.25. The molecule has 3 amide bonds. The third-order valence-corrected chi connectivity index (χ3v) is 4.45. The zero-order valence-corrected chi connectivity index (χ0v) is 15.8. The van der Waals surface area contributed by atoms with Crippen molar-refractivity contribution in [3.63, 3.8) is 0 Å². The highest BCUT2D eigenvalue weighted by molar-refractivity contribution is 5.92. The van der Waals surface area contributed by atoms with Crippen molar-refractivity contribution in [1.29, 1.82) is 0 Å². The van der Waals surface area contributed by atoms with E-state index in [0.29, 0.717) is 5.92 Å². The van der Waals surface area contributed by atoms with Crippen LogP contribution in [-0.2, 0) is 4.79 Å². The number of nitrogens with one attached hydrogen (secondary N) is 3. The van der Waals surface area contributed by atoms with Crippen LogP contribution in [0.25, 0.3) is 0 Å². The van der Waals surface area contributed by atoms with Crippen LogP contribution in [-0.4, -0.2) is 50.1 Å². The lowest BCUT2D eigenvalue weighted by atomic mass is 9.93. The van der Waals surface area contributed by atoms with Gasteiger partial charge in [-0.1, -0.05) is 12.1 Å². The van der Waals surface area contributed by atoms with Crippen LogP contribution in [0.4, 0.5) is 10.5 Å². The summed E-state index contributed by atoms with van der Waals surface area (Å²) >= 11 is 0. The molecule has 3 N–H and O–H groups in total. The Labute approximate surface area is 156 Å². The Balaban J connectivity index is 0.00000312. The maximum Gasteiger partial charge on any atom is 0.319 e. The van der Waals surface area contributed by atoms with Crippen molar-refractivity contribution < 1.29 is 9.59 Å². The number of nitrogens with zero attached hydrogens (tertiary/aromatic N) is 1. The van der Waals surface area contributed by atoms with Gasteiger partial charge in [0.05, 0.1) is 6.54 Å². The van der Waals surface area contributed by atoms with Crippen molar-refractivity contribution in [2.24, 2.45) is 5.92 Å². The van der Waals surface area contributed by atoms with E-state index in [1.165, 1.54) is 0 Å². The highest BCUT2D eigenvalue weighted by Gasteiger charge is 2.22. The van der Waals surface area contributed by atoms with Gasteiger partial charge in [-0.3, -0.25) is 4.79 Å². The summed E-state index contributed by atoms with van der Waals surface area (Å²) in [6, 6.07) is 7.21. The molecule has 1 aromatic carbocycles. The summed E-state index contributed by atoms with van der Waals surface area (Å²) in [4.78, 5) is 25.9. The normalized spacial score (nSPS) is 14.6. The van der Waals surface area contributed by atoms with Gasteiger partial charge in [-0.15, -0.1) is 12.4 Å². The van der Waals surface area contributed by atoms with E-state index in [-0.39, 0.29) is 30.9 Å². The average molecular weight is 369 g/mol. The Morgan fingerprint density at radius 3 is 2.60 bits per heavy atom. The molecule has 1 fully saturated rings. The van der Waals surface area contributed by atoms with Gasteiger partial charge in [0.25, 0.3) is 0 Å². The van der Waals surface area contributed by atoms with Crippen LogP contribution in [0, 0.1) is 12.8 Å². The predicted molar refractivity (Wildman–Crippen MR) is 103 cm³/mol. The first-order chi connectivity index (χ1) is 11.6. The van der Waals surface area contributed by atoms with Gasteiger partial charge in [0, 0.05) is 18.8 Å². The van der Waals surface area contributed by atoms with Crippen LogP contribution >= 0.6 is 12.4 Å². The Bertz CT molecular complexity index is 560. The second-order valence-corrected chi connectivity index (χ2v) is 6.39. The maximum absolute atomic E-state index is 12.2. The number of piperidine rings is 1. The van der Waals surface area contributed by atoms with Crippen LogP contribution in [0.15, 0.2) is 24.3 Å². The van der Waals surface area contributed by atoms with E-state index in [2.05, 4.69) is 16.0 Å². The van der Waals surface area contributed by atoms with E-state index in [1.54, 1.807) is 0 Å². The van der Waals surface area contributed by atoms with Crippen molar-refractivity contribution in [1.82, 2.24) is 15.5 Å². The fourth-order valence-corrected chi connectivity index (χ4v) is 2.99. The van der Waals surface area contributed by atoms with Crippen LogP contribution in [0.5, 0.6) is 0 Å². The molecule has 1 heterocycles. The minimum absolute atomic E-state index is 0. The number of aryl methyl sites for hydroxylation is 1. The lowest BCUT2D eigenvalue weighted by molar-refractivity contribution is -0.131. The average Bonchev–Trinajstić information content (AvgIpc) is 2.58. The van der Waals surface area contributed by atoms with Gasteiger partial charge in [0.1, 0.15) is 0 Å². The standard InChI is InChI=1S/C18H28N4O2.ClH/c1-14-4-3-5-16(12-14)21-18(24)20-13-17(23)22-10-7-15(8-11-22)6-9-19-2;/h3-5,12,15,19H,6-11,13H2,1-2H3,(H2,20,21,24);1H. The topological polar surface area (TPSA) is 73.5 Å². The number of carbonyl (C=O) groups excluding carboxylic acids is 2. The molecule has 0 aliphatic carbocycles. The highest BCUT2D eigenvalue weighted by atomic mass is 35.5. The molecule has 0 unspecified atom stereocenters. The van der Waals surface area contributed by atoms with E-state index >= 15 is 0 Å². The monoisotopic (exact) mass is 368 g/mol. The molecule has 2 rings (SSSR count). The van der Waals surface area contributed by atoms with Gasteiger partial charge in [-0.25, -0.2) is 4.79 Å². The van der Waals surface area contributed by atoms with Crippen molar-refractivity contribution in [2.45, 2.75) is 26.2 Å². The number of carbonyl (C=O) groups is 2. The molecule has 25 heavy (non-hydrogen) atoms. The molecule has 0 spiro atoms. The van der Waals surface area contributed by atoms with Crippen LogP contribution < -0.4 is 16.0 Å². The van der Waals surface area contributed by atoms with Gasteiger partial charge in [0.15, 0.2) is 0 Å². The molecule has 1 aromatic rings. The first kappa shape index (κ1) is 21.3. The third kappa shape index (κ3) is 7.32. The number of likely N-dealkylation sites (tertiary alicyclic amines) is 1. The van der Waals surface area contributed by atoms with Crippen molar-refractivity contribution >= 4 is 30.0 Å². The fourth-order valence-electron chi connectivity index (χ4n) is 2.99. The minimum Gasteiger partial charge on any atom is -0.341 e. The molecule has 0 saturated carbocycles. The van der Waals surface area contributed by atoms with E-state index in [1.807, 2.05) is 43.1 Å². The van der Waals surface area contributed by atoms with Crippen molar-refractivity contribution in [2.75, 3.05) is 38.5 Å². The Morgan fingerprint density at radius 2 is 1.96 bits per heavy atom. The van der Waals surface area contributed by atoms with Crippen molar-refractivity contribution in [3.05, 3.63) is 29.8 Å². The number of hydrogen-bond donors (Lipinski definition) is 3. The number of rotatable bonds is 6. The number of halogens is 1. The number of benzene rings is 1. The highest BCUT2D eigenvalue weighted by Crippen LogP contribution is 2.19. The summed E-state index contributed by atoms with van der Waals surface area (Å²) in [5.74, 6) is 0.681. The third-order valence-electron chi connectivity index (χ3n) is 4.45. The predicted octanol–water partition coefficient (Wildman–Crippen LogP) is 2.39. The first-order valence-corrected chi connectivity index (χ1v) is 8.62. The summed E-state index contributed by atoms with van der Waals surface area (Å²) in [5.41, 5.74) is 1.80. The molecule has 1 aliphatic rings. The van der Waals surface area contributed by atoms with E-state index in [4.69, 9.17) is 0 Å².